The molecule has 0 spiro atoms. The van der Waals surface area contributed by atoms with Gasteiger partial charge >= 0.3 is 5.97 Å². The van der Waals surface area contributed by atoms with Gasteiger partial charge in [-0.1, -0.05) is 0 Å². The topological polar surface area (TPSA) is 74.7 Å². The van der Waals surface area contributed by atoms with Gasteiger partial charge in [0.1, 0.15) is 18.1 Å². The van der Waals surface area contributed by atoms with Gasteiger partial charge in [0, 0.05) is 18.0 Å². The van der Waals surface area contributed by atoms with Crippen LogP contribution in [0.4, 0.5) is 0 Å². The number of nitrogens with zero attached hydrogens (tertiary/aromatic N) is 1. The Morgan fingerprint density at radius 3 is 2.73 bits per heavy atom. The van der Waals surface area contributed by atoms with E-state index in [-0.39, 0.29) is 6.61 Å². The van der Waals surface area contributed by atoms with Gasteiger partial charge in [-0.05, 0) is 24.3 Å². The largest absolute Gasteiger partial charge is 0.497 e. The number of aromatic nitrogens is 1. The molecule has 0 fully saturated rings. The van der Waals surface area contributed by atoms with E-state index in [1.54, 1.807) is 30.5 Å². The summed E-state index contributed by atoms with van der Waals surface area (Å²) in [7, 11) is 2.83. The number of benzene rings is 1. The van der Waals surface area contributed by atoms with E-state index in [0.717, 1.165) is 0 Å². The Morgan fingerprint density at radius 1 is 1.23 bits per heavy atom. The monoisotopic (exact) mass is 301 g/mol. The average Bonchev–Trinajstić information content (AvgIpc) is 2.59. The van der Waals surface area contributed by atoms with Crippen LogP contribution in [0.15, 0.2) is 36.7 Å². The van der Waals surface area contributed by atoms with E-state index < -0.39 is 5.97 Å². The predicted octanol–water partition coefficient (Wildman–Crippen LogP) is 2.27. The smallest absolute Gasteiger partial charge is 0.339 e. The van der Waals surface area contributed by atoms with Gasteiger partial charge in [-0.2, -0.15) is 0 Å². The third kappa shape index (κ3) is 3.60. The van der Waals surface area contributed by atoms with Crippen molar-refractivity contribution in [3.05, 3.63) is 53.3 Å². The molecule has 0 bridgehead atoms. The molecule has 22 heavy (non-hydrogen) atoms. The van der Waals surface area contributed by atoms with Gasteiger partial charge in [-0.3, -0.25) is 9.78 Å². The zero-order valence-electron chi connectivity index (χ0n) is 12.2. The van der Waals surface area contributed by atoms with Gasteiger partial charge in [0.25, 0.3) is 0 Å². The highest BCUT2D eigenvalue weighted by Crippen LogP contribution is 2.23. The lowest BCUT2D eigenvalue weighted by Crippen LogP contribution is -2.05. The van der Waals surface area contributed by atoms with Crippen LogP contribution in [-0.4, -0.2) is 31.5 Å². The molecule has 0 aliphatic heterocycles. The highest BCUT2D eigenvalue weighted by Gasteiger charge is 2.09. The summed E-state index contributed by atoms with van der Waals surface area (Å²) in [5, 5.41) is 0. The summed E-state index contributed by atoms with van der Waals surface area (Å²) < 4.78 is 15.3. The Morgan fingerprint density at radius 2 is 2.05 bits per heavy atom. The van der Waals surface area contributed by atoms with Crippen LogP contribution in [0.2, 0.25) is 0 Å². The minimum absolute atomic E-state index is 0.172. The first-order valence-electron chi connectivity index (χ1n) is 6.46. The van der Waals surface area contributed by atoms with E-state index in [1.807, 2.05) is 0 Å². The number of hydrogen-bond acceptors (Lipinski definition) is 6. The number of aldehydes is 1. The van der Waals surface area contributed by atoms with Gasteiger partial charge < -0.3 is 14.2 Å². The lowest BCUT2D eigenvalue weighted by atomic mass is 10.2. The average molecular weight is 301 g/mol. The maximum atomic E-state index is 11.4. The van der Waals surface area contributed by atoms with Crippen molar-refractivity contribution in [3.63, 3.8) is 0 Å². The van der Waals surface area contributed by atoms with E-state index in [0.29, 0.717) is 34.5 Å². The molecule has 0 aliphatic carbocycles. The molecule has 6 heteroatoms. The lowest BCUT2D eigenvalue weighted by Gasteiger charge is -2.10. The number of pyridine rings is 1. The summed E-state index contributed by atoms with van der Waals surface area (Å²) in [4.78, 5) is 26.5. The molecule has 2 aromatic rings. The SMILES string of the molecule is COC(=O)c1cncc(COc2ccc(OC)cc2C=O)c1. The fourth-order valence-corrected chi connectivity index (χ4v) is 1.83. The van der Waals surface area contributed by atoms with Crippen LogP contribution in [0.1, 0.15) is 26.3 Å². The Kier molecular flexibility index (Phi) is 5.08. The first-order chi connectivity index (χ1) is 10.7. The number of carbonyl (C=O) groups excluding carboxylic acids is 2. The number of methoxy groups -OCH3 is 2. The quantitative estimate of drug-likeness (QED) is 0.602. The Hall–Kier alpha value is -2.89. The summed E-state index contributed by atoms with van der Waals surface area (Å²) in [5.41, 5.74) is 1.42. The molecule has 0 atom stereocenters. The highest BCUT2D eigenvalue weighted by atomic mass is 16.5. The highest BCUT2D eigenvalue weighted by molar-refractivity contribution is 5.89. The molecule has 0 aliphatic rings. The number of carbonyl (C=O) groups is 2. The fourth-order valence-electron chi connectivity index (χ4n) is 1.83. The Balaban J connectivity index is 2.13. The van der Waals surface area contributed by atoms with Crippen molar-refractivity contribution in [2.75, 3.05) is 14.2 Å². The zero-order chi connectivity index (χ0) is 15.9. The summed E-state index contributed by atoms with van der Waals surface area (Å²) in [5.74, 6) is 0.537. The predicted molar refractivity (Wildman–Crippen MR) is 78.3 cm³/mol. The molecular weight excluding hydrogens is 286 g/mol. The maximum Gasteiger partial charge on any atom is 0.339 e. The molecule has 0 saturated heterocycles. The summed E-state index contributed by atoms with van der Waals surface area (Å²) in [6, 6.07) is 6.57. The van der Waals surface area contributed by atoms with Crippen molar-refractivity contribution in [1.29, 1.82) is 0 Å². The van der Waals surface area contributed by atoms with E-state index in [9.17, 15) is 9.59 Å². The first-order valence-corrected chi connectivity index (χ1v) is 6.46. The third-order valence-electron chi connectivity index (χ3n) is 2.95. The first kappa shape index (κ1) is 15.5. The summed E-state index contributed by atoms with van der Waals surface area (Å²) in [6.07, 6.45) is 3.69. The third-order valence-corrected chi connectivity index (χ3v) is 2.95. The lowest BCUT2D eigenvalue weighted by molar-refractivity contribution is 0.0600. The molecule has 1 heterocycles. The van der Waals surface area contributed by atoms with Crippen molar-refractivity contribution in [3.8, 4) is 11.5 Å². The minimum atomic E-state index is -0.465. The van der Waals surface area contributed by atoms with Crippen molar-refractivity contribution in [1.82, 2.24) is 4.98 Å². The number of esters is 1. The van der Waals surface area contributed by atoms with Crippen LogP contribution in [0.25, 0.3) is 0 Å². The standard InChI is InChI=1S/C16H15NO5/c1-20-14-3-4-15(13(6-14)9-18)22-10-11-5-12(8-17-7-11)16(19)21-2/h3-9H,10H2,1-2H3. The molecule has 6 nitrogen and oxygen atoms in total. The van der Waals surface area contributed by atoms with Crippen LogP contribution in [-0.2, 0) is 11.3 Å². The minimum Gasteiger partial charge on any atom is -0.497 e. The molecule has 0 amide bonds. The van der Waals surface area contributed by atoms with Crippen molar-refractivity contribution in [2.45, 2.75) is 6.61 Å². The Labute approximate surface area is 127 Å². The van der Waals surface area contributed by atoms with Crippen molar-refractivity contribution in [2.24, 2.45) is 0 Å². The second-order valence-corrected chi connectivity index (χ2v) is 4.38. The zero-order valence-corrected chi connectivity index (χ0v) is 12.2. The van der Waals surface area contributed by atoms with E-state index >= 15 is 0 Å². The van der Waals surface area contributed by atoms with Gasteiger partial charge in [-0.25, -0.2) is 4.79 Å². The van der Waals surface area contributed by atoms with E-state index in [2.05, 4.69) is 9.72 Å². The van der Waals surface area contributed by atoms with E-state index in [4.69, 9.17) is 9.47 Å². The van der Waals surface area contributed by atoms with Crippen LogP contribution in [0.5, 0.6) is 11.5 Å². The van der Waals surface area contributed by atoms with Gasteiger partial charge in [-0.15, -0.1) is 0 Å². The molecule has 2 rings (SSSR count). The molecule has 0 radical (unpaired) electrons. The van der Waals surface area contributed by atoms with Crippen molar-refractivity contribution < 1.29 is 23.8 Å². The van der Waals surface area contributed by atoms with Gasteiger partial charge in [0.15, 0.2) is 6.29 Å². The molecule has 1 aromatic heterocycles. The van der Waals surface area contributed by atoms with Gasteiger partial charge in [0.05, 0.1) is 25.3 Å². The van der Waals surface area contributed by atoms with Crippen LogP contribution in [0.3, 0.4) is 0 Å². The van der Waals surface area contributed by atoms with Crippen LogP contribution in [0, 0.1) is 0 Å². The fraction of sp³-hybridized carbons (Fsp3) is 0.188. The normalized spacial score (nSPS) is 9.91. The maximum absolute atomic E-state index is 11.4. The van der Waals surface area contributed by atoms with Crippen LogP contribution >= 0.6 is 0 Å². The molecule has 1 aromatic carbocycles. The second kappa shape index (κ2) is 7.21. The number of hydrogen-bond donors (Lipinski definition) is 0. The van der Waals surface area contributed by atoms with Crippen LogP contribution < -0.4 is 9.47 Å². The molecule has 0 N–H and O–H groups in total. The van der Waals surface area contributed by atoms with Gasteiger partial charge in [0.2, 0.25) is 0 Å². The number of ether oxygens (including phenoxy) is 3. The molecule has 114 valence electrons. The summed E-state index contributed by atoms with van der Waals surface area (Å²) >= 11 is 0. The Bertz CT molecular complexity index is 684. The summed E-state index contributed by atoms with van der Waals surface area (Å²) in [6.45, 7) is 0.172. The van der Waals surface area contributed by atoms with Crippen molar-refractivity contribution >= 4 is 12.3 Å². The molecule has 0 saturated carbocycles. The second-order valence-electron chi connectivity index (χ2n) is 4.38. The van der Waals surface area contributed by atoms with E-state index in [1.165, 1.54) is 20.4 Å². The molecular formula is C16H15NO5. The molecule has 0 unspecified atom stereocenters. The number of rotatable bonds is 6.